The molecule has 148 valence electrons. The summed E-state index contributed by atoms with van der Waals surface area (Å²) in [5.74, 6) is -0.480. The van der Waals surface area contributed by atoms with E-state index in [-0.39, 0.29) is 17.5 Å². The minimum Gasteiger partial charge on any atom is -0.477 e. The summed E-state index contributed by atoms with van der Waals surface area (Å²) in [6.45, 7) is 3.40. The first-order chi connectivity index (χ1) is 13.4. The van der Waals surface area contributed by atoms with Crippen LogP contribution in [0.25, 0.3) is 5.52 Å². The molecule has 0 amide bonds. The van der Waals surface area contributed by atoms with Gasteiger partial charge in [-0.2, -0.15) is 0 Å². The third-order valence-corrected chi connectivity index (χ3v) is 6.73. The maximum atomic E-state index is 15.1. The Hall–Kier alpha value is -2.41. The van der Waals surface area contributed by atoms with Crippen molar-refractivity contribution in [3.8, 4) is 0 Å². The molecule has 2 unspecified atom stereocenters. The molecule has 2 aromatic heterocycles. The third kappa shape index (κ3) is 2.64. The molecule has 3 aliphatic rings. The van der Waals surface area contributed by atoms with Crippen molar-refractivity contribution in [2.45, 2.75) is 44.6 Å². The summed E-state index contributed by atoms with van der Waals surface area (Å²) in [5, 5.41) is 9.40. The van der Waals surface area contributed by atoms with Crippen LogP contribution >= 0.6 is 0 Å². The number of nitrogens with two attached hydrogens (primary N) is 1. The average Bonchev–Trinajstić information content (AvgIpc) is 3.56. The number of fused-ring (bicyclic) bond motifs is 1. The van der Waals surface area contributed by atoms with Gasteiger partial charge in [0.05, 0.1) is 17.4 Å². The Balaban J connectivity index is 1.66. The highest BCUT2D eigenvalue weighted by Crippen LogP contribution is 2.45. The van der Waals surface area contributed by atoms with E-state index >= 15 is 4.39 Å². The summed E-state index contributed by atoms with van der Waals surface area (Å²) in [6.07, 6.45) is 5.16. The van der Waals surface area contributed by atoms with Crippen LogP contribution in [0.2, 0.25) is 0 Å². The second kappa shape index (κ2) is 6.04. The zero-order valence-corrected chi connectivity index (χ0v) is 15.8. The molecule has 28 heavy (non-hydrogen) atoms. The molecule has 6 nitrogen and oxygen atoms in total. The van der Waals surface area contributed by atoms with Gasteiger partial charge in [-0.3, -0.25) is 9.20 Å². The van der Waals surface area contributed by atoms with Crippen LogP contribution in [0.4, 0.5) is 10.1 Å². The third-order valence-electron chi connectivity index (χ3n) is 6.73. The van der Waals surface area contributed by atoms with Crippen LogP contribution in [0.15, 0.2) is 17.1 Å². The zero-order chi connectivity index (χ0) is 19.7. The van der Waals surface area contributed by atoms with E-state index < -0.39 is 17.3 Å². The Morgan fingerprint density at radius 2 is 2.04 bits per heavy atom. The number of carboxylic acids is 1. The number of hydrogen-bond acceptors (Lipinski definition) is 4. The topological polar surface area (TPSA) is 88.0 Å². The van der Waals surface area contributed by atoms with E-state index in [0.29, 0.717) is 23.0 Å². The van der Waals surface area contributed by atoms with Crippen molar-refractivity contribution in [2.75, 3.05) is 18.0 Å². The Kier molecular flexibility index (Phi) is 3.81. The molecule has 2 aromatic rings. The lowest BCUT2D eigenvalue weighted by atomic mass is 10.0. The summed E-state index contributed by atoms with van der Waals surface area (Å²) in [4.78, 5) is 26.3. The molecule has 0 spiro atoms. The number of anilines is 1. The van der Waals surface area contributed by atoms with Crippen molar-refractivity contribution in [1.29, 1.82) is 0 Å². The fourth-order valence-corrected chi connectivity index (χ4v) is 5.01. The number of rotatable bonds is 4. The molecule has 3 N–H and O–H groups in total. The minimum absolute atomic E-state index is 0.238. The number of carboxylic acid groups (broad SMARTS) is 1. The molecule has 3 fully saturated rings. The van der Waals surface area contributed by atoms with Gasteiger partial charge in [0.15, 0.2) is 5.82 Å². The SMILES string of the molecule is Cc1c(N2CC[C@@H](C3CC3N)C2)c(F)cn2c(=O)c(C(=O)O)cc(C3CC3)c12. The number of carbonyl (C=O) groups is 1. The molecule has 0 radical (unpaired) electrons. The van der Waals surface area contributed by atoms with Crippen LogP contribution in [0.3, 0.4) is 0 Å². The van der Waals surface area contributed by atoms with Gasteiger partial charge in [0.2, 0.25) is 0 Å². The molecule has 2 aliphatic carbocycles. The highest BCUT2D eigenvalue weighted by molar-refractivity contribution is 5.89. The molecular weight excluding hydrogens is 361 g/mol. The molecule has 0 bridgehead atoms. The Morgan fingerprint density at radius 3 is 2.64 bits per heavy atom. The van der Waals surface area contributed by atoms with Crippen molar-refractivity contribution in [2.24, 2.45) is 17.6 Å². The summed E-state index contributed by atoms with van der Waals surface area (Å²) in [7, 11) is 0. The molecule has 1 saturated heterocycles. The largest absolute Gasteiger partial charge is 0.477 e. The van der Waals surface area contributed by atoms with Gasteiger partial charge in [-0.15, -0.1) is 0 Å². The Morgan fingerprint density at radius 1 is 1.32 bits per heavy atom. The normalized spacial score (nSPS) is 26.8. The number of hydrogen-bond donors (Lipinski definition) is 2. The zero-order valence-electron chi connectivity index (χ0n) is 15.8. The summed E-state index contributed by atoms with van der Waals surface area (Å²) in [6, 6.07) is 1.78. The number of nitrogens with zero attached hydrogens (tertiary/aromatic N) is 2. The van der Waals surface area contributed by atoms with Crippen molar-refractivity contribution in [1.82, 2.24) is 4.40 Å². The monoisotopic (exact) mass is 385 g/mol. The Bertz CT molecular complexity index is 1060. The molecular formula is C21H24FN3O3. The van der Waals surface area contributed by atoms with Crippen molar-refractivity contribution >= 4 is 17.2 Å². The van der Waals surface area contributed by atoms with Crippen LogP contribution in [0.1, 0.15) is 53.1 Å². The molecule has 2 saturated carbocycles. The lowest BCUT2D eigenvalue weighted by Crippen LogP contribution is -2.27. The highest BCUT2D eigenvalue weighted by Gasteiger charge is 2.43. The fraction of sp³-hybridized carbons (Fsp3) is 0.524. The van der Waals surface area contributed by atoms with E-state index in [2.05, 4.69) is 4.90 Å². The van der Waals surface area contributed by atoms with Crippen LogP contribution in [-0.4, -0.2) is 34.6 Å². The number of aromatic carboxylic acids is 1. The van der Waals surface area contributed by atoms with Crippen LogP contribution < -0.4 is 16.2 Å². The summed E-state index contributed by atoms with van der Waals surface area (Å²) >= 11 is 0. The van der Waals surface area contributed by atoms with Gasteiger partial charge < -0.3 is 15.7 Å². The quantitative estimate of drug-likeness (QED) is 0.844. The first kappa shape index (κ1) is 17.7. The standard InChI is InChI=1S/C21H24FN3O3/c1-10-18-14(11-2-3-11)6-15(21(27)28)20(26)25(18)9-16(22)19(10)24-5-4-12(8-24)13-7-17(13)23/h6,9,11-13,17H,2-5,7-8,23H2,1H3,(H,27,28)/t12-,13?,17?/m1/s1. The van der Waals surface area contributed by atoms with Crippen molar-refractivity contribution < 1.29 is 14.3 Å². The first-order valence-electron chi connectivity index (χ1n) is 9.99. The molecule has 7 heteroatoms. The van der Waals surface area contributed by atoms with Gasteiger partial charge in [0, 0.05) is 19.1 Å². The Labute approximate surface area is 161 Å². The van der Waals surface area contributed by atoms with Crippen LogP contribution in [0, 0.1) is 24.6 Å². The van der Waals surface area contributed by atoms with Gasteiger partial charge in [-0.1, -0.05) is 0 Å². The number of aryl methyl sites for hydroxylation is 1. The van der Waals surface area contributed by atoms with E-state index in [4.69, 9.17) is 5.73 Å². The average molecular weight is 385 g/mol. The maximum absolute atomic E-state index is 15.1. The predicted octanol–water partition coefficient (Wildman–Crippen LogP) is 2.50. The van der Waals surface area contributed by atoms with Gasteiger partial charge in [-0.25, -0.2) is 9.18 Å². The highest BCUT2D eigenvalue weighted by atomic mass is 19.1. The lowest BCUT2D eigenvalue weighted by molar-refractivity contribution is 0.0694. The second-order valence-corrected chi connectivity index (χ2v) is 8.63. The smallest absolute Gasteiger partial charge is 0.341 e. The molecule has 0 aromatic carbocycles. The predicted molar refractivity (Wildman–Crippen MR) is 104 cm³/mol. The molecule has 1 aliphatic heterocycles. The van der Waals surface area contributed by atoms with Gasteiger partial charge in [-0.05, 0) is 67.6 Å². The van der Waals surface area contributed by atoms with E-state index in [1.165, 1.54) is 16.7 Å². The number of aromatic nitrogens is 1. The van der Waals surface area contributed by atoms with Crippen molar-refractivity contribution in [3.63, 3.8) is 0 Å². The molecule has 3 heterocycles. The number of halogens is 1. The fourth-order valence-electron chi connectivity index (χ4n) is 5.01. The molecule has 5 rings (SSSR count). The van der Waals surface area contributed by atoms with E-state index in [1.807, 2.05) is 6.92 Å². The van der Waals surface area contributed by atoms with Crippen molar-refractivity contribution in [3.05, 3.63) is 45.1 Å². The summed E-state index contributed by atoms with van der Waals surface area (Å²) < 4.78 is 16.3. The van der Waals surface area contributed by atoms with Gasteiger partial charge in [0.1, 0.15) is 5.56 Å². The minimum atomic E-state index is -1.27. The molecule has 3 atom stereocenters. The van der Waals surface area contributed by atoms with Gasteiger partial charge >= 0.3 is 5.97 Å². The van der Waals surface area contributed by atoms with E-state index in [9.17, 15) is 14.7 Å². The lowest BCUT2D eigenvalue weighted by Gasteiger charge is -2.24. The number of pyridine rings is 2. The summed E-state index contributed by atoms with van der Waals surface area (Å²) in [5.41, 5.74) is 7.80. The maximum Gasteiger partial charge on any atom is 0.341 e. The van der Waals surface area contributed by atoms with Gasteiger partial charge in [0.25, 0.3) is 5.56 Å². The van der Waals surface area contributed by atoms with Crippen LogP contribution in [-0.2, 0) is 0 Å². The van der Waals surface area contributed by atoms with E-state index in [0.717, 1.165) is 49.9 Å². The first-order valence-corrected chi connectivity index (χ1v) is 9.99. The van der Waals surface area contributed by atoms with E-state index in [1.54, 1.807) is 0 Å². The second-order valence-electron chi connectivity index (χ2n) is 8.63. The van der Waals surface area contributed by atoms with Crippen LogP contribution in [0.5, 0.6) is 0 Å².